The Balaban J connectivity index is 1.99. The lowest BCUT2D eigenvalue weighted by atomic mass is 10.1. The van der Waals surface area contributed by atoms with Crippen LogP contribution in [0.5, 0.6) is 0 Å². The molecule has 0 unspecified atom stereocenters. The molecule has 5 heteroatoms. The van der Waals surface area contributed by atoms with Gasteiger partial charge < -0.3 is 18.9 Å². The van der Waals surface area contributed by atoms with Crippen LogP contribution in [0.4, 0.5) is 0 Å². The van der Waals surface area contributed by atoms with Gasteiger partial charge in [0.2, 0.25) is 0 Å². The van der Waals surface area contributed by atoms with Crippen molar-refractivity contribution in [3.05, 3.63) is 0 Å². The number of carbonyl (C=O) groups is 1. The molecular weight excluding hydrogens is 212 g/mol. The number of fused-ring (bicyclic) bond motifs is 1. The first-order valence-corrected chi connectivity index (χ1v) is 5.53. The molecule has 0 aromatic carbocycles. The average molecular weight is 230 g/mol. The molecule has 2 rings (SSSR count). The molecule has 16 heavy (non-hydrogen) atoms. The van der Waals surface area contributed by atoms with Gasteiger partial charge >= 0.3 is 5.97 Å². The molecule has 5 nitrogen and oxygen atoms in total. The monoisotopic (exact) mass is 230 g/mol. The maximum Gasteiger partial charge on any atom is 0.302 e. The third-order valence-electron chi connectivity index (χ3n) is 2.83. The average Bonchev–Trinajstić information content (AvgIpc) is 2.59. The molecule has 2 fully saturated rings. The van der Waals surface area contributed by atoms with Crippen LogP contribution in [0.1, 0.15) is 27.7 Å². The lowest BCUT2D eigenvalue weighted by Crippen LogP contribution is -2.33. The summed E-state index contributed by atoms with van der Waals surface area (Å²) in [6.07, 6.45) is -0.488. The summed E-state index contributed by atoms with van der Waals surface area (Å²) >= 11 is 0. The highest BCUT2D eigenvalue weighted by molar-refractivity contribution is 5.65. The van der Waals surface area contributed by atoms with Crippen molar-refractivity contribution in [1.82, 2.24) is 0 Å². The van der Waals surface area contributed by atoms with Gasteiger partial charge in [-0.1, -0.05) is 0 Å². The molecule has 0 bridgehead atoms. The van der Waals surface area contributed by atoms with Crippen molar-refractivity contribution in [2.24, 2.45) is 0 Å². The van der Waals surface area contributed by atoms with Gasteiger partial charge in [0.05, 0.1) is 6.10 Å². The highest BCUT2D eigenvalue weighted by Crippen LogP contribution is 2.38. The van der Waals surface area contributed by atoms with Crippen LogP contribution in [-0.2, 0) is 23.7 Å². The molecule has 2 aliphatic rings. The normalized spacial score (nSPS) is 40.8. The van der Waals surface area contributed by atoms with Gasteiger partial charge in [-0.05, 0) is 20.8 Å². The zero-order valence-corrected chi connectivity index (χ0v) is 10.1. The number of esters is 1. The van der Waals surface area contributed by atoms with Gasteiger partial charge in [0, 0.05) is 6.92 Å². The summed E-state index contributed by atoms with van der Waals surface area (Å²) in [5, 5.41) is 0. The molecule has 0 aliphatic carbocycles. The Bertz CT molecular complexity index is 288. The van der Waals surface area contributed by atoms with Crippen molar-refractivity contribution in [2.75, 3.05) is 6.61 Å². The molecule has 0 saturated carbocycles. The number of rotatable bonds is 2. The van der Waals surface area contributed by atoms with Gasteiger partial charge in [-0.15, -0.1) is 0 Å². The van der Waals surface area contributed by atoms with Crippen LogP contribution in [0, 0.1) is 0 Å². The summed E-state index contributed by atoms with van der Waals surface area (Å²) < 4.78 is 22.1. The Morgan fingerprint density at radius 3 is 2.56 bits per heavy atom. The Morgan fingerprint density at radius 2 is 1.94 bits per heavy atom. The van der Waals surface area contributed by atoms with Gasteiger partial charge in [0.1, 0.15) is 24.9 Å². The number of carbonyl (C=O) groups excluding carboxylic acids is 1. The second-order valence-electron chi connectivity index (χ2n) is 4.75. The van der Waals surface area contributed by atoms with Crippen molar-refractivity contribution >= 4 is 5.97 Å². The predicted octanol–water partition coefficient (Wildman–Crippen LogP) is 0.857. The summed E-state index contributed by atoms with van der Waals surface area (Å²) in [7, 11) is 0. The van der Waals surface area contributed by atoms with E-state index >= 15 is 0 Å². The quantitative estimate of drug-likeness (QED) is 0.658. The molecular formula is C11H18O5. The van der Waals surface area contributed by atoms with Gasteiger partial charge in [-0.25, -0.2) is 0 Å². The Morgan fingerprint density at radius 1 is 1.31 bits per heavy atom. The molecule has 4 atom stereocenters. The standard InChI is InChI=1S/C11H18O5/c1-6-9-10(16-11(3,4)15-9)8(14-6)5-13-7(2)12/h6,8-10H,5H2,1-4H3/t6-,8+,9-,10+/m0/s1. The van der Waals surface area contributed by atoms with Crippen LogP contribution in [0.3, 0.4) is 0 Å². The molecule has 0 radical (unpaired) electrons. The van der Waals surface area contributed by atoms with E-state index in [9.17, 15) is 4.79 Å². The van der Waals surface area contributed by atoms with E-state index in [-0.39, 0.29) is 37.0 Å². The summed E-state index contributed by atoms with van der Waals surface area (Å²) in [5.41, 5.74) is 0. The van der Waals surface area contributed by atoms with Crippen molar-refractivity contribution in [3.8, 4) is 0 Å². The third kappa shape index (κ3) is 2.21. The van der Waals surface area contributed by atoms with E-state index in [1.54, 1.807) is 0 Å². The molecule has 2 aliphatic heterocycles. The number of ether oxygens (including phenoxy) is 4. The molecule has 92 valence electrons. The first-order chi connectivity index (χ1) is 7.39. The minimum atomic E-state index is -0.582. The van der Waals surface area contributed by atoms with Crippen molar-refractivity contribution < 1.29 is 23.7 Å². The van der Waals surface area contributed by atoms with E-state index in [1.807, 2.05) is 20.8 Å². The zero-order valence-electron chi connectivity index (χ0n) is 10.1. The Kier molecular flexibility index (Phi) is 2.94. The summed E-state index contributed by atoms with van der Waals surface area (Å²) in [6, 6.07) is 0. The lowest BCUT2D eigenvalue weighted by molar-refractivity contribution is -0.190. The fourth-order valence-corrected chi connectivity index (χ4v) is 2.23. The van der Waals surface area contributed by atoms with Gasteiger partial charge in [0.25, 0.3) is 0 Å². The van der Waals surface area contributed by atoms with Crippen molar-refractivity contribution in [1.29, 1.82) is 0 Å². The first kappa shape index (κ1) is 11.8. The van der Waals surface area contributed by atoms with E-state index < -0.39 is 5.79 Å². The molecule has 2 saturated heterocycles. The summed E-state index contributed by atoms with van der Waals surface area (Å²) in [4.78, 5) is 10.8. The van der Waals surface area contributed by atoms with E-state index in [0.717, 1.165) is 0 Å². The van der Waals surface area contributed by atoms with Crippen LogP contribution in [0.2, 0.25) is 0 Å². The van der Waals surface area contributed by atoms with E-state index in [4.69, 9.17) is 18.9 Å². The van der Waals surface area contributed by atoms with Crippen LogP contribution in [0.15, 0.2) is 0 Å². The highest BCUT2D eigenvalue weighted by Gasteiger charge is 2.53. The molecule has 0 N–H and O–H groups in total. The van der Waals surface area contributed by atoms with Crippen molar-refractivity contribution in [3.63, 3.8) is 0 Å². The fraction of sp³-hybridized carbons (Fsp3) is 0.909. The zero-order chi connectivity index (χ0) is 11.9. The third-order valence-corrected chi connectivity index (χ3v) is 2.83. The van der Waals surface area contributed by atoms with E-state index in [2.05, 4.69) is 0 Å². The van der Waals surface area contributed by atoms with Gasteiger partial charge in [0.15, 0.2) is 5.79 Å². The molecule has 2 heterocycles. The molecule has 0 aromatic heterocycles. The van der Waals surface area contributed by atoms with E-state index in [0.29, 0.717) is 0 Å². The van der Waals surface area contributed by atoms with Crippen molar-refractivity contribution in [2.45, 2.75) is 57.9 Å². The lowest BCUT2D eigenvalue weighted by Gasteiger charge is -2.22. The molecule has 0 aromatic rings. The summed E-state index contributed by atoms with van der Waals surface area (Å²) in [6.45, 7) is 7.30. The molecule has 0 amide bonds. The first-order valence-electron chi connectivity index (χ1n) is 5.53. The number of hydrogen-bond donors (Lipinski definition) is 0. The largest absolute Gasteiger partial charge is 0.463 e. The minimum Gasteiger partial charge on any atom is -0.463 e. The fourth-order valence-electron chi connectivity index (χ4n) is 2.23. The Hall–Kier alpha value is -0.650. The second-order valence-corrected chi connectivity index (χ2v) is 4.75. The smallest absolute Gasteiger partial charge is 0.302 e. The minimum absolute atomic E-state index is 0.0349. The van der Waals surface area contributed by atoms with Crippen LogP contribution >= 0.6 is 0 Å². The van der Waals surface area contributed by atoms with Gasteiger partial charge in [-0.3, -0.25) is 4.79 Å². The van der Waals surface area contributed by atoms with Crippen LogP contribution < -0.4 is 0 Å². The topological polar surface area (TPSA) is 54.0 Å². The van der Waals surface area contributed by atoms with E-state index in [1.165, 1.54) is 6.92 Å². The van der Waals surface area contributed by atoms with Crippen LogP contribution in [-0.4, -0.2) is 42.8 Å². The Labute approximate surface area is 95.0 Å². The highest BCUT2D eigenvalue weighted by atomic mass is 16.8. The number of hydrogen-bond acceptors (Lipinski definition) is 5. The van der Waals surface area contributed by atoms with Crippen LogP contribution in [0.25, 0.3) is 0 Å². The van der Waals surface area contributed by atoms with Gasteiger partial charge in [-0.2, -0.15) is 0 Å². The SMILES string of the molecule is CC(=O)OC[C@H]1O[C@@H](C)[C@@H]2OC(C)(C)O[C@@H]21. The molecule has 0 spiro atoms. The maximum absolute atomic E-state index is 10.8. The second kappa shape index (κ2) is 3.98. The summed E-state index contributed by atoms with van der Waals surface area (Å²) in [5.74, 6) is -0.889. The maximum atomic E-state index is 10.8. The predicted molar refractivity (Wildman–Crippen MR) is 54.8 cm³/mol.